The van der Waals surface area contributed by atoms with Crippen LogP contribution in [0.1, 0.15) is 46.0 Å². The van der Waals surface area contributed by atoms with Crippen molar-refractivity contribution in [3.8, 4) is 0 Å². The largest absolute Gasteiger partial charge is 0.460 e. The maximum atomic E-state index is 11.2. The third kappa shape index (κ3) is 9.05. The zero-order valence-electron chi connectivity index (χ0n) is 11.9. The van der Waals surface area contributed by atoms with Gasteiger partial charge in [0.25, 0.3) is 0 Å². The lowest BCUT2D eigenvalue weighted by Crippen LogP contribution is -2.20. The van der Waals surface area contributed by atoms with Crippen LogP contribution in [-0.4, -0.2) is 24.1 Å². The van der Waals surface area contributed by atoms with Crippen molar-refractivity contribution in [1.29, 1.82) is 0 Å². The fourth-order valence-electron chi connectivity index (χ4n) is 1.63. The summed E-state index contributed by atoms with van der Waals surface area (Å²) in [4.78, 5) is 22.2. The molecule has 0 aliphatic heterocycles. The lowest BCUT2D eigenvalue weighted by atomic mass is 10.1. The van der Waals surface area contributed by atoms with Gasteiger partial charge in [-0.1, -0.05) is 32.9 Å². The molecular weight excluding hydrogens is 244 g/mol. The highest BCUT2D eigenvalue weighted by molar-refractivity contribution is 5.81. The highest BCUT2D eigenvalue weighted by Crippen LogP contribution is 2.14. The summed E-state index contributed by atoms with van der Waals surface area (Å²) in [5.74, 6) is -0.836. The first-order valence-electron chi connectivity index (χ1n) is 6.69. The SMILES string of the molecule is C=CC(=O)OC(C)CCC(CCCC)OC(=O)C=C. The molecule has 0 fully saturated rings. The first-order chi connectivity index (χ1) is 9.03. The molecule has 4 heteroatoms. The number of carbonyl (C=O) groups excluding carboxylic acids is 2. The van der Waals surface area contributed by atoms with Gasteiger partial charge in [-0.3, -0.25) is 0 Å². The summed E-state index contributed by atoms with van der Waals surface area (Å²) in [7, 11) is 0. The van der Waals surface area contributed by atoms with Gasteiger partial charge in [0.1, 0.15) is 6.10 Å². The van der Waals surface area contributed by atoms with Gasteiger partial charge in [-0.05, 0) is 26.2 Å². The average molecular weight is 268 g/mol. The molecule has 0 spiro atoms. The Labute approximate surface area is 115 Å². The predicted octanol–water partition coefficient (Wildman–Crippen LogP) is 3.17. The van der Waals surface area contributed by atoms with Crippen molar-refractivity contribution >= 4 is 11.9 Å². The summed E-state index contributed by atoms with van der Waals surface area (Å²) in [6.45, 7) is 10.6. The van der Waals surface area contributed by atoms with Crippen LogP contribution in [0.3, 0.4) is 0 Å². The smallest absolute Gasteiger partial charge is 0.330 e. The Bertz CT molecular complexity index is 309. The van der Waals surface area contributed by atoms with Crippen molar-refractivity contribution in [1.82, 2.24) is 0 Å². The number of ether oxygens (including phenoxy) is 2. The van der Waals surface area contributed by atoms with E-state index in [1.54, 1.807) is 0 Å². The fraction of sp³-hybridized carbons (Fsp3) is 0.600. The number of carbonyl (C=O) groups is 2. The first kappa shape index (κ1) is 17.4. The van der Waals surface area contributed by atoms with E-state index in [0.717, 1.165) is 25.3 Å². The molecule has 108 valence electrons. The summed E-state index contributed by atoms with van der Waals surface area (Å²) in [5.41, 5.74) is 0. The Morgan fingerprint density at radius 2 is 1.63 bits per heavy atom. The molecule has 0 saturated carbocycles. The van der Waals surface area contributed by atoms with Gasteiger partial charge >= 0.3 is 11.9 Å². The number of esters is 2. The lowest BCUT2D eigenvalue weighted by molar-refractivity contribution is -0.147. The average Bonchev–Trinajstić information content (AvgIpc) is 2.41. The standard InChI is InChI=1S/C15H24O4/c1-5-8-9-13(19-15(17)7-3)11-10-12(4)18-14(16)6-2/h6-7,12-13H,2-3,5,8-11H2,1,4H3. The van der Waals surface area contributed by atoms with Gasteiger partial charge in [0.2, 0.25) is 0 Å². The topological polar surface area (TPSA) is 52.6 Å². The summed E-state index contributed by atoms with van der Waals surface area (Å²) >= 11 is 0. The Hall–Kier alpha value is -1.58. The molecule has 0 amide bonds. The van der Waals surface area contributed by atoms with Crippen LogP contribution in [0.5, 0.6) is 0 Å². The molecule has 0 bridgehead atoms. The first-order valence-corrected chi connectivity index (χ1v) is 6.69. The monoisotopic (exact) mass is 268 g/mol. The van der Waals surface area contributed by atoms with Crippen molar-refractivity contribution in [3.63, 3.8) is 0 Å². The maximum absolute atomic E-state index is 11.2. The van der Waals surface area contributed by atoms with Gasteiger partial charge in [-0.25, -0.2) is 9.59 Å². The van der Waals surface area contributed by atoms with Crippen molar-refractivity contribution in [2.45, 2.75) is 58.2 Å². The fourth-order valence-corrected chi connectivity index (χ4v) is 1.63. The van der Waals surface area contributed by atoms with Gasteiger partial charge < -0.3 is 9.47 Å². The minimum Gasteiger partial charge on any atom is -0.460 e. The number of rotatable bonds is 10. The van der Waals surface area contributed by atoms with Crippen LogP contribution in [0.25, 0.3) is 0 Å². The number of unbranched alkanes of at least 4 members (excludes halogenated alkanes) is 1. The zero-order chi connectivity index (χ0) is 14.7. The van der Waals surface area contributed by atoms with E-state index in [9.17, 15) is 9.59 Å². The van der Waals surface area contributed by atoms with Crippen LogP contribution < -0.4 is 0 Å². The van der Waals surface area contributed by atoms with E-state index in [-0.39, 0.29) is 12.2 Å². The number of hydrogen-bond donors (Lipinski definition) is 0. The molecule has 0 rings (SSSR count). The van der Waals surface area contributed by atoms with Crippen LogP contribution in [0.15, 0.2) is 25.3 Å². The van der Waals surface area contributed by atoms with Crippen molar-refractivity contribution in [2.75, 3.05) is 0 Å². The van der Waals surface area contributed by atoms with E-state index in [0.29, 0.717) is 12.8 Å². The van der Waals surface area contributed by atoms with E-state index in [2.05, 4.69) is 20.1 Å². The molecule has 0 aliphatic carbocycles. The van der Waals surface area contributed by atoms with Crippen molar-refractivity contribution < 1.29 is 19.1 Å². The second-order valence-electron chi connectivity index (χ2n) is 4.43. The molecule has 0 saturated heterocycles. The van der Waals surface area contributed by atoms with Crippen LogP contribution >= 0.6 is 0 Å². The van der Waals surface area contributed by atoms with Crippen molar-refractivity contribution in [2.24, 2.45) is 0 Å². The van der Waals surface area contributed by atoms with E-state index in [1.807, 2.05) is 6.92 Å². The van der Waals surface area contributed by atoms with E-state index < -0.39 is 11.9 Å². The molecule has 0 N–H and O–H groups in total. The molecule has 0 radical (unpaired) electrons. The van der Waals surface area contributed by atoms with Crippen LogP contribution in [0.2, 0.25) is 0 Å². The quantitative estimate of drug-likeness (QED) is 0.451. The Kier molecular flexibility index (Phi) is 9.49. The third-order valence-electron chi connectivity index (χ3n) is 2.71. The van der Waals surface area contributed by atoms with Crippen molar-refractivity contribution in [3.05, 3.63) is 25.3 Å². The van der Waals surface area contributed by atoms with Gasteiger partial charge in [0.05, 0.1) is 6.10 Å². The maximum Gasteiger partial charge on any atom is 0.330 e. The van der Waals surface area contributed by atoms with Crippen LogP contribution in [0, 0.1) is 0 Å². The summed E-state index contributed by atoms with van der Waals surface area (Å²) < 4.78 is 10.3. The minimum absolute atomic E-state index is 0.143. The second-order valence-corrected chi connectivity index (χ2v) is 4.43. The molecule has 0 aromatic heterocycles. The van der Waals surface area contributed by atoms with E-state index in [1.165, 1.54) is 6.08 Å². The Morgan fingerprint density at radius 3 is 2.16 bits per heavy atom. The molecule has 2 atom stereocenters. The Morgan fingerprint density at radius 1 is 1.05 bits per heavy atom. The van der Waals surface area contributed by atoms with Gasteiger partial charge in [0, 0.05) is 12.2 Å². The molecular formula is C15H24O4. The molecule has 19 heavy (non-hydrogen) atoms. The van der Waals surface area contributed by atoms with E-state index in [4.69, 9.17) is 9.47 Å². The van der Waals surface area contributed by atoms with Gasteiger partial charge in [-0.2, -0.15) is 0 Å². The highest BCUT2D eigenvalue weighted by atomic mass is 16.5. The molecule has 0 aromatic carbocycles. The number of hydrogen-bond acceptors (Lipinski definition) is 4. The van der Waals surface area contributed by atoms with Gasteiger partial charge in [0.15, 0.2) is 0 Å². The Balaban J connectivity index is 4.15. The third-order valence-corrected chi connectivity index (χ3v) is 2.71. The van der Waals surface area contributed by atoms with Gasteiger partial charge in [-0.15, -0.1) is 0 Å². The van der Waals surface area contributed by atoms with Crippen LogP contribution in [0.4, 0.5) is 0 Å². The molecule has 0 heterocycles. The predicted molar refractivity (Wildman–Crippen MR) is 74.6 cm³/mol. The molecule has 0 aromatic rings. The van der Waals surface area contributed by atoms with E-state index >= 15 is 0 Å². The van der Waals surface area contributed by atoms with Crippen LogP contribution in [-0.2, 0) is 19.1 Å². The highest BCUT2D eigenvalue weighted by Gasteiger charge is 2.15. The summed E-state index contributed by atoms with van der Waals surface area (Å²) in [6, 6.07) is 0. The summed E-state index contributed by atoms with van der Waals surface area (Å²) in [5, 5.41) is 0. The normalized spacial score (nSPS) is 13.2. The molecule has 2 unspecified atom stereocenters. The lowest BCUT2D eigenvalue weighted by Gasteiger charge is -2.19. The second kappa shape index (κ2) is 10.4. The zero-order valence-corrected chi connectivity index (χ0v) is 11.9. The molecule has 4 nitrogen and oxygen atoms in total. The molecule has 0 aliphatic rings. The summed E-state index contributed by atoms with van der Waals surface area (Å²) in [6.07, 6.45) is 6.14. The minimum atomic E-state index is -0.430.